The van der Waals surface area contributed by atoms with Crippen molar-refractivity contribution >= 4 is 23.4 Å². The Kier molecular flexibility index (Phi) is 6.47. The molecule has 0 radical (unpaired) electrons. The number of nitrogens with zero attached hydrogens (tertiary/aromatic N) is 2. The van der Waals surface area contributed by atoms with Gasteiger partial charge in [0.1, 0.15) is 11.2 Å². The maximum atomic E-state index is 12.2. The first-order chi connectivity index (χ1) is 11.7. The molecular weight excluding hydrogens is 320 g/mol. The summed E-state index contributed by atoms with van der Waals surface area (Å²) < 4.78 is 5.18. The number of benzene rings is 2. The summed E-state index contributed by atoms with van der Waals surface area (Å²) in [6.07, 6.45) is 0. The summed E-state index contributed by atoms with van der Waals surface area (Å²) in [4.78, 5) is 13.9. The van der Waals surface area contributed by atoms with Crippen molar-refractivity contribution in [1.82, 2.24) is 4.90 Å². The molecule has 0 aliphatic carbocycles. The average Bonchev–Trinajstić information content (AvgIpc) is 2.62. The van der Waals surface area contributed by atoms with Gasteiger partial charge < -0.3 is 9.64 Å². The number of hydrogen-bond donors (Lipinski definition) is 0. The first-order valence-corrected chi connectivity index (χ1v) is 8.25. The quantitative estimate of drug-likeness (QED) is 0.739. The number of ether oxygens (including phenoxy) is 1. The van der Waals surface area contributed by atoms with Crippen LogP contribution >= 0.6 is 11.8 Å². The lowest BCUT2D eigenvalue weighted by Crippen LogP contribution is -2.26. The summed E-state index contributed by atoms with van der Waals surface area (Å²) >= 11 is 0.996. The van der Waals surface area contributed by atoms with Crippen molar-refractivity contribution < 1.29 is 9.53 Å². The number of thiocyanates is 1. The van der Waals surface area contributed by atoms with Crippen LogP contribution in [0.25, 0.3) is 5.70 Å². The van der Waals surface area contributed by atoms with Gasteiger partial charge in [-0.25, -0.2) is 0 Å². The fraction of sp³-hybridized carbons (Fsp3) is 0.158. The summed E-state index contributed by atoms with van der Waals surface area (Å²) in [5.41, 5.74) is 2.57. The van der Waals surface area contributed by atoms with Crippen molar-refractivity contribution in [2.75, 3.05) is 7.11 Å². The minimum atomic E-state index is -0.0838. The highest BCUT2D eigenvalue weighted by molar-refractivity contribution is 8.06. The fourth-order valence-electron chi connectivity index (χ4n) is 2.26. The number of rotatable bonds is 6. The van der Waals surface area contributed by atoms with E-state index in [1.165, 1.54) is 6.92 Å². The van der Waals surface area contributed by atoms with Crippen LogP contribution in [0.3, 0.4) is 0 Å². The second-order valence-electron chi connectivity index (χ2n) is 5.03. The fourth-order valence-corrected chi connectivity index (χ4v) is 2.69. The molecule has 0 aliphatic rings. The van der Waals surface area contributed by atoms with Gasteiger partial charge in [-0.15, -0.1) is 0 Å². The highest BCUT2D eigenvalue weighted by Gasteiger charge is 2.17. The zero-order chi connectivity index (χ0) is 17.4. The molecule has 122 valence electrons. The van der Waals surface area contributed by atoms with Crippen LogP contribution in [-0.2, 0) is 11.3 Å². The van der Waals surface area contributed by atoms with Gasteiger partial charge in [-0.2, -0.15) is 5.26 Å². The third-order valence-electron chi connectivity index (χ3n) is 3.46. The summed E-state index contributed by atoms with van der Waals surface area (Å²) in [5.74, 6) is 0.655. The third-order valence-corrected chi connectivity index (χ3v) is 3.91. The first kappa shape index (κ1) is 17.6. The van der Waals surface area contributed by atoms with Gasteiger partial charge in [-0.05, 0) is 47.2 Å². The van der Waals surface area contributed by atoms with Crippen LogP contribution in [0.4, 0.5) is 0 Å². The normalized spacial score (nSPS) is 10.8. The number of hydrogen-bond acceptors (Lipinski definition) is 4. The van der Waals surface area contributed by atoms with E-state index in [-0.39, 0.29) is 5.91 Å². The molecule has 0 fully saturated rings. The van der Waals surface area contributed by atoms with Gasteiger partial charge in [-0.1, -0.05) is 30.3 Å². The molecule has 24 heavy (non-hydrogen) atoms. The Morgan fingerprint density at radius 3 is 2.42 bits per heavy atom. The Bertz CT molecular complexity index is 749. The molecule has 0 N–H and O–H groups in total. The molecule has 1 amide bonds. The topological polar surface area (TPSA) is 53.3 Å². The Hall–Kier alpha value is -2.71. The molecule has 0 spiro atoms. The van der Waals surface area contributed by atoms with Gasteiger partial charge in [0, 0.05) is 12.3 Å². The van der Waals surface area contributed by atoms with Crippen LogP contribution in [0, 0.1) is 10.7 Å². The molecule has 0 atom stereocenters. The number of nitriles is 1. The lowest BCUT2D eigenvalue weighted by Gasteiger charge is -2.24. The smallest absolute Gasteiger partial charge is 0.224 e. The van der Waals surface area contributed by atoms with Gasteiger partial charge in [0.25, 0.3) is 0 Å². The van der Waals surface area contributed by atoms with Gasteiger partial charge in [-0.3, -0.25) is 4.79 Å². The molecule has 2 aromatic rings. The highest BCUT2D eigenvalue weighted by Crippen LogP contribution is 2.26. The van der Waals surface area contributed by atoms with Crippen molar-refractivity contribution in [2.45, 2.75) is 13.5 Å². The largest absolute Gasteiger partial charge is 0.497 e. The van der Waals surface area contributed by atoms with Crippen LogP contribution in [-0.4, -0.2) is 17.9 Å². The molecule has 0 saturated heterocycles. The molecule has 4 nitrogen and oxygen atoms in total. The van der Waals surface area contributed by atoms with E-state index in [2.05, 4.69) is 0 Å². The molecule has 2 rings (SSSR count). The van der Waals surface area contributed by atoms with E-state index in [0.29, 0.717) is 12.2 Å². The van der Waals surface area contributed by atoms with E-state index in [4.69, 9.17) is 10.00 Å². The van der Waals surface area contributed by atoms with Gasteiger partial charge in [0.05, 0.1) is 19.4 Å². The zero-order valence-electron chi connectivity index (χ0n) is 13.6. The van der Waals surface area contributed by atoms with Crippen molar-refractivity contribution in [3.63, 3.8) is 0 Å². The molecule has 0 unspecified atom stereocenters. The number of thioether (sulfide) groups is 1. The molecule has 0 aliphatic heterocycles. The van der Waals surface area contributed by atoms with Gasteiger partial charge >= 0.3 is 0 Å². The van der Waals surface area contributed by atoms with Crippen LogP contribution in [0.5, 0.6) is 5.75 Å². The predicted octanol–water partition coefficient (Wildman–Crippen LogP) is 4.26. The second-order valence-corrected chi connectivity index (χ2v) is 5.69. The SMILES string of the molecule is COc1ccc(C(=CSC#N)N(Cc2ccccc2)C(C)=O)cc1. The maximum Gasteiger partial charge on any atom is 0.224 e. The lowest BCUT2D eigenvalue weighted by molar-refractivity contribution is -0.126. The summed E-state index contributed by atoms with van der Waals surface area (Å²) in [6.45, 7) is 1.97. The minimum Gasteiger partial charge on any atom is -0.497 e. The second kappa shape index (κ2) is 8.80. The van der Waals surface area contributed by atoms with E-state index < -0.39 is 0 Å². The highest BCUT2D eigenvalue weighted by atomic mass is 32.2. The molecule has 5 heteroatoms. The van der Waals surface area contributed by atoms with E-state index in [1.54, 1.807) is 17.4 Å². The summed E-state index contributed by atoms with van der Waals surface area (Å²) in [6, 6.07) is 17.2. The van der Waals surface area contributed by atoms with Crippen molar-refractivity contribution in [2.24, 2.45) is 0 Å². The first-order valence-electron chi connectivity index (χ1n) is 7.37. The summed E-state index contributed by atoms with van der Waals surface area (Å²) in [5, 5.41) is 12.6. The van der Waals surface area contributed by atoms with Gasteiger partial charge in [0.2, 0.25) is 5.91 Å². The zero-order valence-corrected chi connectivity index (χ0v) is 14.4. The lowest BCUT2D eigenvalue weighted by atomic mass is 10.1. The van der Waals surface area contributed by atoms with Crippen LogP contribution < -0.4 is 4.74 Å². The van der Waals surface area contributed by atoms with E-state index >= 15 is 0 Å². The monoisotopic (exact) mass is 338 g/mol. The predicted molar refractivity (Wildman–Crippen MR) is 96.8 cm³/mol. The molecule has 0 saturated carbocycles. The maximum absolute atomic E-state index is 12.2. The van der Waals surface area contributed by atoms with E-state index in [1.807, 2.05) is 60.0 Å². The van der Waals surface area contributed by atoms with Crippen molar-refractivity contribution in [3.05, 3.63) is 71.1 Å². The third kappa shape index (κ3) is 4.64. The Balaban J connectivity index is 2.38. The molecule has 0 aromatic heterocycles. The minimum absolute atomic E-state index is 0.0838. The van der Waals surface area contributed by atoms with Crippen molar-refractivity contribution in [3.8, 4) is 11.2 Å². The molecule has 2 aromatic carbocycles. The van der Waals surface area contributed by atoms with E-state index in [0.717, 1.165) is 28.6 Å². The Morgan fingerprint density at radius 1 is 1.21 bits per heavy atom. The Labute approximate surface area is 146 Å². The van der Waals surface area contributed by atoms with Crippen LogP contribution in [0.15, 0.2) is 60.0 Å². The standard InChI is InChI=1S/C19H18N2O2S/c1-15(22)21(12-16-6-4-3-5-7-16)19(13-24-14-20)17-8-10-18(23-2)11-9-17/h3-11,13H,12H2,1-2H3. The average molecular weight is 338 g/mol. The number of methoxy groups -OCH3 is 1. The number of carbonyl (C=O) groups is 1. The van der Waals surface area contributed by atoms with Crippen LogP contribution in [0.1, 0.15) is 18.1 Å². The Morgan fingerprint density at radius 2 is 1.88 bits per heavy atom. The number of amides is 1. The molecule has 0 bridgehead atoms. The number of carbonyl (C=O) groups excluding carboxylic acids is 1. The summed E-state index contributed by atoms with van der Waals surface area (Å²) in [7, 11) is 1.61. The van der Waals surface area contributed by atoms with E-state index in [9.17, 15) is 4.79 Å². The molecular formula is C19H18N2O2S. The molecule has 0 heterocycles. The van der Waals surface area contributed by atoms with Gasteiger partial charge in [0.15, 0.2) is 0 Å². The van der Waals surface area contributed by atoms with Crippen LogP contribution in [0.2, 0.25) is 0 Å². The van der Waals surface area contributed by atoms with Crippen molar-refractivity contribution in [1.29, 1.82) is 5.26 Å².